The van der Waals surface area contributed by atoms with Crippen LogP contribution in [-0.4, -0.2) is 22.1 Å². The third kappa shape index (κ3) is 3.13. The average molecular weight is 314 g/mol. The number of fused-ring (bicyclic) bond motifs is 1. The predicted molar refractivity (Wildman–Crippen MR) is 92.8 cm³/mol. The van der Waals surface area contributed by atoms with Gasteiger partial charge in [-0.25, -0.2) is 4.79 Å². The van der Waals surface area contributed by atoms with E-state index >= 15 is 0 Å². The third-order valence-electron chi connectivity index (χ3n) is 5.52. The van der Waals surface area contributed by atoms with E-state index in [1.54, 1.807) is 0 Å². The molecule has 3 N–H and O–H groups in total. The molecule has 124 valence electrons. The first kappa shape index (κ1) is 16.1. The molecule has 1 saturated carbocycles. The van der Waals surface area contributed by atoms with E-state index in [1.165, 1.54) is 19.3 Å². The van der Waals surface area contributed by atoms with Gasteiger partial charge >= 0.3 is 5.97 Å². The van der Waals surface area contributed by atoms with Crippen molar-refractivity contribution in [2.45, 2.75) is 52.6 Å². The van der Waals surface area contributed by atoms with Crippen LogP contribution in [0, 0.1) is 18.8 Å². The quantitative estimate of drug-likeness (QED) is 0.796. The van der Waals surface area contributed by atoms with Gasteiger partial charge < -0.3 is 15.4 Å². The summed E-state index contributed by atoms with van der Waals surface area (Å²) >= 11 is 0. The number of aromatic amines is 1. The molecule has 3 rings (SSSR count). The molecule has 1 fully saturated rings. The van der Waals surface area contributed by atoms with Crippen LogP contribution in [0.4, 0.5) is 0 Å². The molecular weight excluding hydrogens is 288 g/mol. The van der Waals surface area contributed by atoms with Crippen LogP contribution in [0.3, 0.4) is 0 Å². The Morgan fingerprint density at radius 2 is 2.13 bits per heavy atom. The Kier molecular flexibility index (Phi) is 4.44. The molecular formula is C19H26N2O2. The summed E-state index contributed by atoms with van der Waals surface area (Å²) in [5, 5.41) is 14.1. The lowest BCUT2D eigenvalue weighted by molar-refractivity contribution is 0.0690. The van der Waals surface area contributed by atoms with Crippen molar-refractivity contribution in [3.8, 4) is 0 Å². The molecule has 0 spiro atoms. The SMILES string of the molecule is Cc1ccc2c(CN[C@@H]3CCC[C@@H](C)[C@H]3C)c(C(=O)O)[nH]c2c1. The monoisotopic (exact) mass is 314 g/mol. The minimum absolute atomic E-state index is 0.314. The molecule has 0 bridgehead atoms. The molecule has 0 radical (unpaired) electrons. The largest absolute Gasteiger partial charge is 0.477 e. The lowest BCUT2D eigenvalue weighted by Crippen LogP contribution is -2.40. The highest BCUT2D eigenvalue weighted by molar-refractivity contribution is 5.97. The molecule has 1 aliphatic rings. The number of carboxylic acid groups (broad SMARTS) is 1. The lowest BCUT2D eigenvalue weighted by Gasteiger charge is -2.34. The minimum Gasteiger partial charge on any atom is -0.477 e. The van der Waals surface area contributed by atoms with Gasteiger partial charge in [-0.1, -0.05) is 38.8 Å². The van der Waals surface area contributed by atoms with E-state index in [-0.39, 0.29) is 0 Å². The Balaban J connectivity index is 1.86. The summed E-state index contributed by atoms with van der Waals surface area (Å²) in [4.78, 5) is 14.7. The van der Waals surface area contributed by atoms with Crippen LogP contribution in [0.15, 0.2) is 18.2 Å². The number of hydrogen-bond donors (Lipinski definition) is 3. The number of aromatic nitrogens is 1. The highest BCUT2D eigenvalue weighted by Gasteiger charge is 2.27. The summed E-state index contributed by atoms with van der Waals surface area (Å²) in [7, 11) is 0. The van der Waals surface area contributed by atoms with Crippen LogP contribution in [0.25, 0.3) is 10.9 Å². The van der Waals surface area contributed by atoms with Crippen LogP contribution < -0.4 is 5.32 Å². The van der Waals surface area contributed by atoms with Gasteiger partial charge in [-0.05, 0) is 36.8 Å². The summed E-state index contributed by atoms with van der Waals surface area (Å²) in [6, 6.07) is 6.54. The number of benzene rings is 1. The molecule has 23 heavy (non-hydrogen) atoms. The summed E-state index contributed by atoms with van der Waals surface area (Å²) < 4.78 is 0. The third-order valence-corrected chi connectivity index (χ3v) is 5.52. The van der Waals surface area contributed by atoms with Crippen LogP contribution in [0.5, 0.6) is 0 Å². The Morgan fingerprint density at radius 1 is 1.35 bits per heavy atom. The van der Waals surface area contributed by atoms with Crippen molar-refractivity contribution in [2.75, 3.05) is 0 Å². The molecule has 1 heterocycles. The van der Waals surface area contributed by atoms with E-state index in [1.807, 2.05) is 25.1 Å². The number of nitrogens with one attached hydrogen (secondary N) is 2. The molecule has 2 aromatic rings. The molecule has 0 amide bonds. The highest BCUT2D eigenvalue weighted by Crippen LogP contribution is 2.30. The molecule has 1 aromatic carbocycles. The summed E-state index contributed by atoms with van der Waals surface area (Å²) in [5.74, 6) is 0.469. The molecule has 0 saturated heterocycles. The maximum absolute atomic E-state index is 11.6. The van der Waals surface area contributed by atoms with Crippen LogP contribution in [0.1, 0.15) is 54.7 Å². The van der Waals surface area contributed by atoms with Gasteiger partial charge in [0.25, 0.3) is 0 Å². The van der Waals surface area contributed by atoms with E-state index in [4.69, 9.17) is 0 Å². The lowest BCUT2D eigenvalue weighted by atomic mass is 9.78. The number of H-pyrrole nitrogens is 1. The Labute approximate surface area is 137 Å². The van der Waals surface area contributed by atoms with Crippen molar-refractivity contribution >= 4 is 16.9 Å². The van der Waals surface area contributed by atoms with Gasteiger partial charge in [-0.2, -0.15) is 0 Å². The zero-order chi connectivity index (χ0) is 16.6. The van der Waals surface area contributed by atoms with E-state index in [9.17, 15) is 9.90 Å². The molecule has 4 nitrogen and oxygen atoms in total. The van der Waals surface area contributed by atoms with Crippen molar-refractivity contribution in [2.24, 2.45) is 11.8 Å². The zero-order valence-corrected chi connectivity index (χ0v) is 14.1. The van der Waals surface area contributed by atoms with Gasteiger partial charge in [0.05, 0.1) is 0 Å². The van der Waals surface area contributed by atoms with Gasteiger partial charge in [-0.15, -0.1) is 0 Å². The second-order valence-corrected chi connectivity index (χ2v) is 7.09. The van der Waals surface area contributed by atoms with Crippen molar-refractivity contribution in [1.29, 1.82) is 0 Å². The van der Waals surface area contributed by atoms with E-state index < -0.39 is 5.97 Å². The van der Waals surface area contributed by atoms with Gasteiger partial charge in [-0.3, -0.25) is 0 Å². The smallest absolute Gasteiger partial charge is 0.352 e. The van der Waals surface area contributed by atoms with Crippen molar-refractivity contribution in [3.05, 3.63) is 35.0 Å². The molecule has 4 heteroatoms. The van der Waals surface area contributed by atoms with Gasteiger partial charge in [0, 0.05) is 29.1 Å². The summed E-state index contributed by atoms with van der Waals surface area (Å²) in [5.41, 5.74) is 3.22. The number of carbonyl (C=O) groups is 1. The second-order valence-electron chi connectivity index (χ2n) is 7.09. The van der Waals surface area contributed by atoms with Crippen LogP contribution in [-0.2, 0) is 6.54 Å². The number of aryl methyl sites for hydroxylation is 1. The van der Waals surface area contributed by atoms with E-state index in [2.05, 4.69) is 24.1 Å². The first-order valence-electron chi connectivity index (χ1n) is 8.55. The van der Waals surface area contributed by atoms with E-state index in [0.29, 0.717) is 24.2 Å². The zero-order valence-electron chi connectivity index (χ0n) is 14.1. The Bertz CT molecular complexity index is 719. The van der Waals surface area contributed by atoms with Crippen molar-refractivity contribution in [3.63, 3.8) is 0 Å². The molecule has 3 atom stereocenters. The summed E-state index contributed by atoms with van der Waals surface area (Å²) in [6.45, 7) is 7.24. The number of rotatable bonds is 4. The number of aromatic carboxylic acids is 1. The van der Waals surface area contributed by atoms with Crippen molar-refractivity contribution in [1.82, 2.24) is 10.3 Å². The first-order chi connectivity index (χ1) is 11.0. The van der Waals surface area contributed by atoms with Crippen LogP contribution in [0.2, 0.25) is 0 Å². The van der Waals surface area contributed by atoms with Gasteiger partial charge in [0.15, 0.2) is 0 Å². The molecule has 1 aromatic heterocycles. The maximum atomic E-state index is 11.6. The standard InChI is InChI=1S/C19H26N2O2/c1-11-7-8-14-15(18(19(22)23)21-17(14)9-11)10-20-16-6-4-5-12(2)13(16)3/h7-9,12-13,16,20-21H,4-6,10H2,1-3H3,(H,22,23)/t12-,13-,16-/m1/s1. The minimum atomic E-state index is -0.888. The normalized spacial score (nSPS) is 24.9. The number of carboxylic acids is 1. The second kappa shape index (κ2) is 6.36. The topological polar surface area (TPSA) is 65.1 Å². The van der Waals surface area contributed by atoms with Gasteiger partial charge in [0.1, 0.15) is 5.69 Å². The van der Waals surface area contributed by atoms with Crippen LogP contribution >= 0.6 is 0 Å². The van der Waals surface area contributed by atoms with E-state index in [0.717, 1.165) is 27.9 Å². The highest BCUT2D eigenvalue weighted by atomic mass is 16.4. The predicted octanol–water partition coefficient (Wildman–Crippen LogP) is 4.09. The Morgan fingerprint density at radius 3 is 2.87 bits per heavy atom. The fourth-order valence-electron chi connectivity index (χ4n) is 3.84. The van der Waals surface area contributed by atoms with Crippen molar-refractivity contribution < 1.29 is 9.90 Å². The fraction of sp³-hybridized carbons (Fsp3) is 0.526. The number of hydrogen-bond acceptors (Lipinski definition) is 2. The first-order valence-corrected chi connectivity index (χ1v) is 8.55. The Hall–Kier alpha value is -1.81. The average Bonchev–Trinajstić information content (AvgIpc) is 2.86. The summed E-state index contributed by atoms with van der Waals surface area (Å²) in [6.07, 6.45) is 3.73. The molecule has 0 unspecified atom stereocenters. The molecule has 0 aliphatic heterocycles. The molecule has 1 aliphatic carbocycles. The van der Waals surface area contributed by atoms with Gasteiger partial charge in [0.2, 0.25) is 0 Å². The maximum Gasteiger partial charge on any atom is 0.352 e. The fourth-order valence-corrected chi connectivity index (χ4v) is 3.84.